The Hall–Kier alpha value is -1.21. The van der Waals surface area contributed by atoms with Gasteiger partial charge in [0.05, 0.1) is 16.1 Å². The van der Waals surface area contributed by atoms with Gasteiger partial charge in [0, 0.05) is 0 Å². The summed E-state index contributed by atoms with van der Waals surface area (Å²) < 4.78 is 69.3. The Bertz CT molecular complexity index is 1230. The van der Waals surface area contributed by atoms with Crippen molar-refractivity contribution in [3.8, 4) is 11.5 Å². The maximum atomic E-state index is 12.4. The van der Waals surface area contributed by atoms with Crippen LogP contribution >= 0.6 is 8.46 Å². The van der Waals surface area contributed by atoms with Gasteiger partial charge in [0.1, 0.15) is 21.6 Å². The molecule has 0 bridgehead atoms. The molecular weight excluding hydrogens is 586 g/mol. The minimum absolute atomic E-state index is 0. The Morgan fingerprint density at radius 1 is 0.900 bits per heavy atom. The average molecular weight is 621 g/mol. The number of rotatable bonds is 12. The summed E-state index contributed by atoms with van der Waals surface area (Å²) in [6.07, 6.45) is 0.0121. The van der Waals surface area contributed by atoms with E-state index in [-0.39, 0.29) is 79.1 Å². The molecule has 13 heteroatoms. The molecule has 0 fully saturated rings. The Kier molecular flexibility index (Phi) is 14.6. The van der Waals surface area contributed by atoms with E-state index in [0.717, 1.165) is 0 Å². The standard InChI is InChI=1S/C27H35O10PS.K/c1-26(2,3)23(28)36-25(37-24(29)27(4,5)6)35-21(39(31,32)33)17-11-13-18-12-10-16-20(22(18)38-30)34-19-14-8-7-9-15-19;/h7-10,12,14-16,21,25H,11,13,17H2,1-6H3,(H,31,32,33);/q;+1/p-1/t21-;/m0./s1. The Balaban J connectivity index is 0.00000800. The molecule has 0 amide bonds. The van der Waals surface area contributed by atoms with Crippen molar-refractivity contribution in [2.45, 2.75) is 72.7 Å². The monoisotopic (exact) mass is 620 g/mol. The summed E-state index contributed by atoms with van der Waals surface area (Å²) in [5, 5.41) is 0.375. The summed E-state index contributed by atoms with van der Waals surface area (Å²) in [5.74, 6) is -0.745. The first-order valence-corrected chi connectivity index (χ1v) is 14.5. The first-order chi connectivity index (χ1) is 18.0. The van der Waals surface area contributed by atoms with E-state index in [4.69, 9.17) is 18.9 Å². The summed E-state index contributed by atoms with van der Waals surface area (Å²) in [5.41, 5.74) is -3.43. The minimum atomic E-state index is -5.06. The molecule has 0 unspecified atom stereocenters. The molecule has 10 nitrogen and oxygen atoms in total. The van der Waals surface area contributed by atoms with Crippen LogP contribution in [0.15, 0.2) is 48.5 Å². The first kappa shape index (κ1) is 36.8. The number of hydrogen-bond acceptors (Lipinski definition) is 10. The van der Waals surface area contributed by atoms with E-state index in [9.17, 15) is 27.1 Å². The molecule has 0 heterocycles. The van der Waals surface area contributed by atoms with Crippen molar-refractivity contribution >= 4 is 35.8 Å². The molecule has 0 N–H and O–H groups in total. The van der Waals surface area contributed by atoms with E-state index in [1.165, 1.54) is 0 Å². The zero-order valence-electron chi connectivity index (χ0n) is 23.8. The van der Waals surface area contributed by atoms with E-state index in [1.54, 1.807) is 84.0 Å². The molecule has 2 aromatic carbocycles. The van der Waals surface area contributed by atoms with Crippen LogP contribution in [0.25, 0.3) is 0 Å². The van der Waals surface area contributed by atoms with Crippen LogP contribution in [0.4, 0.5) is 0 Å². The van der Waals surface area contributed by atoms with Gasteiger partial charge in [-0.2, -0.15) is 0 Å². The molecule has 0 saturated heterocycles. The van der Waals surface area contributed by atoms with Crippen LogP contribution in [0.3, 0.4) is 0 Å². The molecule has 214 valence electrons. The van der Waals surface area contributed by atoms with Crippen molar-refractivity contribution in [3.05, 3.63) is 54.1 Å². The molecule has 0 aliphatic heterocycles. The number of aryl methyl sites for hydroxylation is 1. The number of benzene rings is 2. The number of ether oxygens (including phenoxy) is 4. The van der Waals surface area contributed by atoms with E-state index >= 15 is 0 Å². The fraction of sp³-hybridized carbons (Fsp3) is 0.481. The largest absolute Gasteiger partial charge is 1.00 e. The molecular formula is C27H34KO10PS. The third kappa shape index (κ3) is 12.0. The SMILES string of the molecule is CC(C)(C)C(=O)OC(OC(=O)C(C)(C)C)O[C@H](CCCc1cccc(Oc2ccccc2)c1P=O)S(=O)(=O)[O-].[K+]. The van der Waals surface area contributed by atoms with Gasteiger partial charge in [-0.3, -0.25) is 18.9 Å². The predicted octanol–water partition coefficient (Wildman–Crippen LogP) is 2.07. The summed E-state index contributed by atoms with van der Waals surface area (Å²) in [6.45, 7) is 7.22. The number of carbonyl (C=O) groups excluding carboxylic acids is 2. The van der Waals surface area contributed by atoms with Crippen LogP contribution in [0.1, 0.15) is 59.9 Å². The quantitative estimate of drug-likeness (QED) is 0.114. The van der Waals surface area contributed by atoms with Gasteiger partial charge in [0.25, 0.3) is 0 Å². The van der Waals surface area contributed by atoms with Gasteiger partial charge in [0.15, 0.2) is 13.9 Å². The Morgan fingerprint density at radius 3 is 1.93 bits per heavy atom. The van der Waals surface area contributed by atoms with Crippen LogP contribution < -0.4 is 61.4 Å². The average Bonchev–Trinajstić information content (AvgIpc) is 2.82. The van der Waals surface area contributed by atoms with Crippen molar-refractivity contribution in [1.29, 1.82) is 0 Å². The normalized spacial score (nSPS) is 12.9. The molecule has 0 spiro atoms. The number of esters is 2. The van der Waals surface area contributed by atoms with Crippen LogP contribution in [0.2, 0.25) is 0 Å². The van der Waals surface area contributed by atoms with Crippen LogP contribution in [-0.2, 0) is 44.9 Å². The molecule has 0 aliphatic carbocycles. The van der Waals surface area contributed by atoms with Crippen molar-refractivity contribution in [2.75, 3.05) is 0 Å². The minimum Gasteiger partial charge on any atom is -0.746 e. The molecule has 0 radical (unpaired) electrons. The molecule has 0 saturated carbocycles. The van der Waals surface area contributed by atoms with E-state index < -0.39 is 44.8 Å². The second kappa shape index (κ2) is 15.9. The van der Waals surface area contributed by atoms with E-state index in [1.807, 2.05) is 6.07 Å². The molecule has 2 rings (SSSR count). The fourth-order valence-electron chi connectivity index (χ4n) is 3.04. The summed E-state index contributed by atoms with van der Waals surface area (Å²) in [7, 11) is -5.37. The van der Waals surface area contributed by atoms with Crippen molar-refractivity contribution in [3.63, 3.8) is 0 Å². The van der Waals surface area contributed by atoms with Crippen LogP contribution in [0, 0.1) is 10.8 Å². The second-order valence-electron chi connectivity index (χ2n) is 10.8. The summed E-state index contributed by atoms with van der Waals surface area (Å²) >= 11 is 0. The van der Waals surface area contributed by atoms with Gasteiger partial charge in [0.2, 0.25) is 0 Å². The zero-order chi connectivity index (χ0) is 29.4. The molecule has 40 heavy (non-hydrogen) atoms. The summed E-state index contributed by atoms with van der Waals surface area (Å²) in [6, 6.07) is 14.0. The van der Waals surface area contributed by atoms with Crippen molar-refractivity contribution in [1.82, 2.24) is 0 Å². The Labute approximate surface area is 279 Å². The van der Waals surface area contributed by atoms with Gasteiger partial charge >= 0.3 is 69.8 Å². The molecule has 1 atom stereocenters. The zero-order valence-corrected chi connectivity index (χ0v) is 28.7. The van der Waals surface area contributed by atoms with E-state index in [0.29, 0.717) is 22.4 Å². The first-order valence-electron chi connectivity index (χ1n) is 12.2. The maximum Gasteiger partial charge on any atom is 1.00 e. The van der Waals surface area contributed by atoms with Gasteiger partial charge in [-0.1, -0.05) is 30.3 Å². The third-order valence-corrected chi connectivity index (χ3v) is 6.93. The third-order valence-electron chi connectivity index (χ3n) is 5.25. The topological polar surface area (TPSA) is 145 Å². The number of para-hydroxylation sites is 1. The van der Waals surface area contributed by atoms with Gasteiger partial charge < -0.3 is 18.8 Å². The smallest absolute Gasteiger partial charge is 0.746 e. The second-order valence-corrected chi connectivity index (χ2v) is 13.0. The Morgan fingerprint density at radius 2 is 1.45 bits per heavy atom. The molecule has 0 aliphatic rings. The number of hydrogen-bond donors (Lipinski definition) is 0. The molecule has 2 aromatic rings. The fourth-order valence-corrected chi connectivity index (χ4v) is 4.24. The van der Waals surface area contributed by atoms with Crippen LogP contribution in [-0.4, -0.2) is 36.8 Å². The molecule has 0 aromatic heterocycles. The van der Waals surface area contributed by atoms with Gasteiger partial charge in [-0.05, 0) is 84.6 Å². The van der Waals surface area contributed by atoms with Gasteiger partial charge in [-0.15, -0.1) is 0 Å². The maximum absolute atomic E-state index is 12.4. The van der Waals surface area contributed by atoms with Crippen molar-refractivity contribution < 1.29 is 97.5 Å². The van der Waals surface area contributed by atoms with Gasteiger partial charge in [-0.25, -0.2) is 8.42 Å². The van der Waals surface area contributed by atoms with Crippen molar-refractivity contribution in [2.24, 2.45) is 10.8 Å². The van der Waals surface area contributed by atoms with E-state index in [2.05, 4.69) is 0 Å². The predicted molar refractivity (Wildman–Crippen MR) is 143 cm³/mol. The van der Waals surface area contributed by atoms with Crippen LogP contribution in [0.5, 0.6) is 11.5 Å². The summed E-state index contributed by atoms with van der Waals surface area (Å²) in [4.78, 5) is 24.8. The number of carbonyl (C=O) groups is 2.